The van der Waals surface area contributed by atoms with E-state index in [-0.39, 0.29) is 5.82 Å². The van der Waals surface area contributed by atoms with Gasteiger partial charge in [0, 0.05) is 0 Å². The van der Waals surface area contributed by atoms with E-state index in [0.717, 1.165) is 5.56 Å². The molecule has 0 spiro atoms. The van der Waals surface area contributed by atoms with Gasteiger partial charge in [-0.1, -0.05) is 24.3 Å². The van der Waals surface area contributed by atoms with Gasteiger partial charge in [-0.25, -0.2) is 19.3 Å². The van der Waals surface area contributed by atoms with E-state index in [1.165, 1.54) is 18.1 Å². The fourth-order valence-electron chi connectivity index (χ4n) is 1.48. The summed E-state index contributed by atoms with van der Waals surface area (Å²) in [6.45, 7) is 7.45. The molecule has 1 aromatic carbocycles. The summed E-state index contributed by atoms with van der Waals surface area (Å²) in [6, 6.07) is 7.23. The number of hydrogen-bond donors (Lipinski definition) is 0. The van der Waals surface area contributed by atoms with Crippen molar-refractivity contribution in [3.8, 4) is 0 Å². The Kier molecular flexibility index (Phi) is 3.34. The number of carbonyl (C=O) groups excluding carboxylic acids is 1. The number of ether oxygens (including phenoxy) is 1. The van der Waals surface area contributed by atoms with Crippen molar-refractivity contribution in [2.24, 2.45) is 0 Å². The first-order chi connectivity index (χ1) is 8.74. The van der Waals surface area contributed by atoms with Crippen LogP contribution >= 0.6 is 0 Å². The average Bonchev–Trinajstić information content (AvgIpc) is 2.87. The van der Waals surface area contributed by atoms with Gasteiger partial charge >= 0.3 is 5.97 Å². The highest BCUT2D eigenvalue weighted by Gasteiger charge is 2.11. The molecule has 6 heteroatoms. The van der Waals surface area contributed by atoms with Crippen LogP contribution in [0.15, 0.2) is 30.6 Å². The molecule has 0 atom stereocenters. The number of aromatic nitrogens is 3. The minimum Gasteiger partial charge on any atom is -0.463 e. The topological polar surface area (TPSA) is 61.4 Å². The van der Waals surface area contributed by atoms with Gasteiger partial charge in [-0.15, -0.1) is 5.10 Å². The van der Waals surface area contributed by atoms with Crippen molar-refractivity contribution in [1.29, 1.82) is 0 Å². The van der Waals surface area contributed by atoms with Gasteiger partial charge in [-0.05, 0) is 5.56 Å². The molecule has 0 fully saturated rings. The maximum Gasteiger partial charge on any atom is 0.377 e. The zero-order chi connectivity index (χ0) is 13.0. The van der Waals surface area contributed by atoms with Crippen LogP contribution in [-0.4, -0.2) is 27.8 Å². The van der Waals surface area contributed by atoms with Crippen LogP contribution in [0.2, 0.25) is 0 Å². The number of para-hydroxylation sites is 1. The lowest BCUT2D eigenvalue weighted by Gasteiger charge is -2.02. The molecule has 18 heavy (non-hydrogen) atoms. The van der Waals surface area contributed by atoms with Crippen molar-refractivity contribution in [2.75, 3.05) is 7.11 Å². The Balaban J connectivity index is 2.22. The van der Waals surface area contributed by atoms with E-state index in [1.54, 1.807) is 12.1 Å². The summed E-state index contributed by atoms with van der Waals surface area (Å²) < 4.78 is 6.02. The maximum atomic E-state index is 11.2. The lowest BCUT2D eigenvalue weighted by atomic mass is 10.2. The lowest BCUT2D eigenvalue weighted by molar-refractivity contribution is 0.0586. The molecule has 0 aliphatic heterocycles. The second-order valence-corrected chi connectivity index (χ2v) is 3.50. The Morgan fingerprint density at radius 3 is 3.00 bits per heavy atom. The predicted molar refractivity (Wildman–Crippen MR) is 63.2 cm³/mol. The number of rotatable bonds is 3. The van der Waals surface area contributed by atoms with Gasteiger partial charge in [0.25, 0.3) is 5.82 Å². The van der Waals surface area contributed by atoms with Crippen LogP contribution in [0.5, 0.6) is 0 Å². The van der Waals surface area contributed by atoms with Crippen LogP contribution in [-0.2, 0) is 11.3 Å². The largest absolute Gasteiger partial charge is 0.463 e. The van der Waals surface area contributed by atoms with Crippen LogP contribution in [0.1, 0.15) is 16.2 Å². The van der Waals surface area contributed by atoms with Gasteiger partial charge in [-0.3, -0.25) is 0 Å². The van der Waals surface area contributed by atoms with E-state index in [0.29, 0.717) is 12.2 Å². The monoisotopic (exact) mass is 242 g/mol. The summed E-state index contributed by atoms with van der Waals surface area (Å²) in [5.41, 5.74) is 1.39. The van der Waals surface area contributed by atoms with Gasteiger partial charge in [0.2, 0.25) is 0 Å². The highest BCUT2D eigenvalue weighted by atomic mass is 16.5. The number of nitrogens with zero attached hydrogens (tertiary/aromatic N) is 4. The Labute approximate surface area is 104 Å². The lowest BCUT2D eigenvalue weighted by Crippen LogP contribution is -2.06. The summed E-state index contributed by atoms with van der Waals surface area (Å²) in [5.74, 6) is -0.565. The fraction of sp³-hybridized carbons (Fsp3) is 0.167. The molecule has 6 nitrogen and oxygen atoms in total. The minimum absolute atomic E-state index is 0.0118. The summed E-state index contributed by atoms with van der Waals surface area (Å²) in [4.78, 5) is 18.5. The Morgan fingerprint density at radius 2 is 2.28 bits per heavy atom. The Hall–Kier alpha value is -2.68. The SMILES string of the molecule is [C-]#[N+]c1ccccc1Cn1cnc(C(=O)OC)n1. The molecule has 2 aromatic rings. The van der Waals surface area contributed by atoms with Crippen molar-refractivity contribution in [1.82, 2.24) is 14.8 Å². The summed E-state index contributed by atoms with van der Waals surface area (Å²) in [7, 11) is 1.28. The smallest absolute Gasteiger partial charge is 0.377 e. The Bertz CT molecular complexity index is 613. The molecule has 0 saturated heterocycles. The zero-order valence-corrected chi connectivity index (χ0v) is 9.70. The van der Waals surface area contributed by atoms with Crippen molar-refractivity contribution in [3.05, 3.63) is 53.4 Å². The highest BCUT2D eigenvalue weighted by Crippen LogP contribution is 2.19. The third kappa shape index (κ3) is 2.35. The molecule has 0 saturated carbocycles. The van der Waals surface area contributed by atoms with Crippen LogP contribution in [0.3, 0.4) is 0 Å². The molecule has 0 aliphatic carbocycles. The zero-order valence-electron chi connectivity index (χ0n) is 9.70. The average molecular weight is 242 g/mol. The molecule has 0 bridgehead atoms. The first-order valence-corrected chi connectivity index (χ1v) is 5.17. The van der Waals surface area contributed by atoms with Gasteiger partial charge in [0.1, 0.15) is 6.33 Å². The van der Waals surface area contributed by atoms with E-state index in [1.807, 2.05) is 12.1 Å². The van der Waals surface area contributed by atoms with E-state index in [2.05, 4.69) is 19.7 Å². The quantitative estimate of drug-likeness (QED) is 0.606. The molecule has 1 aromatic heterocycles. The fourth-order valence-corrected chi connectivity index (χ4v) is 1.48. The number of hydrogen-bond acceptors (Lipinski definition) is 4. The number of methoxy groups -OCH3 is 1. The maximum absolute atomic E-state index is 11.2. The minimum atomic E-state index is -0.577. The molecule has 0 N–H and O–H groups in total. The van der Waals surface area contributed by atoms with E-state index in [4.69, 9.17) is 6.57 Å². The number of benzene rings is 1. The van der Waals surface area contributed by atoms with Crippen molar-refractivity contribution >= 4 is 11.7 Å². The van der Waals surface area contributed by atoms with E-state index >= 15 is 0 Å². The highest BCUT2D eigenvalue weighted by molar-refractivity contribution is 5.84. The second kappa shape index (κ2) is 5.10. The van der Waals surface area contributed by atoms with Crippen LogP contribution < -0.4 is 0 Å². The van der Waals surface area contributed by atoms with Crippen LogP contribution in [0.4, 0.5) is 5.69 Å². The third-order valence-electron chi connectivity index (χ3n) is 2.35. The summed E-state index contributed by atoms with van der Waals surface area (Å²) in [6.07, 6.45) is 1.44. The molecule has 0 aliphatic rings. The second-order valence-electron chi connectivity index (χ2n) is 3.50. The predicted octanol–water partition coefficient (Wildman–Crippen LogP) is 1.66. The summed E-state index contributed by atoms with van der Waals surface area (Å²) >= 11 is 0. The van der Waals surface area contributed by atoms with E-state index in [9.17, 15) is 4.79 Å². The molecular weight excluding hydrogens is 232 g/mol. The summed E-state index contributed by atoms with van der Waals surface area (Å²) in [5, 5.41) is 3.98. The number of esters is 1. The van der Waals surface area contributed by atoms with Crippen molar-refractivity contribution in [3.63, 3.8) is 0 Å². The molecule has 2 rings (SSSR count). The van der Waals surface area contributed by atoms with E-state index < -0.39 is 5.97 Å². The third-order valence-corrected chi connectivity index (χ3v) is 2.35. The van der Waals surface area contributed by atoms with Gasteiger partial charge in [0.15, 0.2) is 5.69 Å². The first kappa shape index (κ1) is 11.8. The molecule has 90 valence electrons. The van der Waals surface area contributed by atoms with Crippen LogP contribution in [0, 0.1) is 6.57 Å². The molecule has 0 radical (unpaired) electrons. The molecular formula is C12H10N4O2. The van der Waals surface area contributed by atoms with Crippen LogP contribution in [0.25, 0.3) is 4.85 Å². The van der Waals surface area contributed by atoms with Gasteiger partial charge < -0.3 is 4.74 Å². The molecule has 0 amide bonds. The van der Waals surface area contributed by atoms with Crippen molar-refractivity contribution in [2.45, 2.75) is 6.54 Å². The van der Waals surface area contributed by atoms with Gasteiger partial charge in [0.05, 0.1) is 20.2 Å². The Morgan fingerprint density at radius 1 is 1.50 bits per heavy atom. The molecule has 0 unspecified atom stereocenters. The standard InChI is InChI=1S/C12H10N4O2/c1-13-10-6-4-3-5-9(10)7-16-8-14-11(15-16)12(17)18-2/h3-6,8H,7H2,2H3. The first-order valence-electron chi connectivity index (χ1n) is 5.17. The molecule has 1 heterocycles. The number of carbonyl (C=O) groups is 1. The normalized spacial score (nSPS) is 9.78. The van der Waals surface area contributed by atoms with Crippen molar-refractivity contribution < 1.29 is 9.53 Å². The van der Waals surface area contributed by atoms with Gasteiger partial charge in [-0.2, -0.15) is 0 Å².